The molecule has 5 nitrogen and oxygen atoms in total. The van der Waals surface area contributed by atoms with Gasteiger partial charge in [-0.3, -0.25) is 0 Å². The number of sulfonamides is 1. The number of hydrogen-bond donors (Lipinski definition) is 2. The molecule has 30 heavy (non-hydrogen) atoms. The molecule has 0 amide bonds. The Bertz CT molecular complexity index is 992. The van der Waals surface area contributed by atoms with Gasteiger partial charge in [-0.25, -0.2) is 13.1 Å². The first kappa shape index (κ1) is 21.6. The minimum Gasteiger partial charge on any atom is -0.492 e. The molecule has 0 heterocycles. The minimum absolute atomic E-state index is 0.219. The van der Waals surface area contributed by atoms with Gasteiger partial charge in [0, 0.05) is 23.5 Å². The zero-order valence-corrected chi connectivity index (χ0v) is 18.8. The maximum atomic E-state index is 12.1. The van der Waals surface area contributed by atoms with Gasteiger partial charge < -0.3 is 10.1 Å². The van der Waals surface area contributed by atoms with Crippen molar-refractivity contribution < 1.29 is 13.2 Å². The minimum atomic E-state index is -3.19. The molecule has 2 aromatic rings. The van der Waals surface area contributed by atoms with E-state index >= 15 is 0 Å². The van der Waals surface area contributed by atoms with Crippen molar-refractivity contribution in [1.29, 1.82) is 0 Å². The number of nitrogens with one attached hydrogen (secondary N) is 2. The van der Waals surface area contributed by atoms with E-state index < -0.39 is 10.0 Å². The first-order valence-electron chi connectivity index (χ1n) is 10.6. The highest BCUT2D eigenvalue weighted by atomic mass is 35.5. The molecular formula is C23H29ClN2O3S. The molecule has 7 heteroatoms. The first-order valence-corrected chi connectivity index (χ1v) is 12.5. The van der Waals surface area contributed by atoms with Crippen LogP contribution in [0.5, 0.6) is 5.75 Å². The van der Waals surface area contributed by atoms with Crippen LogP contribution in [0.4, 0.5) is 0 Å². The molecule has 2 aliphatic carbocycles. The largest absolute Gasteiger partial charge is 0.492 e. The Labute approximate surface area is 184 Å². The molecule has 0 aliphatic heterocycles. The number of halogens is 1. The second-order valence-corrected chi connectivity index (χ2v) is 10.7. The van der Waals surface area contributed by atoms with E-state index in [9.17, 15) is 8.42 Å². The highest BCUT2D eigenvalue weighted by Crippen LogP contribution is 2.38. The third kappa shape index (κ3) is 4.83. The second-order valence-electron chi connectivity index (χ2n) is 8.24. The van der Waals surface area contributed by atoms with Crippen LogP contribution in [0.1, 0.15) is 41.9 Å². The summed E-state index contributed by atoms with van der Waals surface area (Å²) in [6.45, 7) is 0.611. The van der Waals surface area contributed by atoms with Crippen LogP contribution in [0.2, 0.25) is 5.02 Å². The lowest BCUT2D eigenvalue weighted by atomic mass is 9.91. The van der Waals surface area contributed by atoms with Gasteiger partial charge in [0.2, 0.25) is 10.0 Å². The van der Waals surface area contributed by atoms with E-state index in [-0.39, 0.29) is 5.25 Å². The summed E-state index contributed by atoms with van der Waals surface area (Å²) in [7, 11) is -1.19. The van der Waals surface area contributed by atoms with E-state index in [2.05, 4.69) is 28.2 Å². The Kier molecular flexibility index (Phi) is 6.68. The molecule has 0 spiro atoms. The molecule has 0 aromatic heterocycles. The molecule has 2 atom stereocenters. The fraction of sp³-hybridized carbons (Fsp3) is 0.478. The molecule has 2 unspecified atom stereocenters. The summed E-state index contributed by atoms with van der Waals surface area (Å²) >= 11 is 6.18. The first-order chi connectivity index (χ1) is 14.5. The van der Waals surface area contributed by atoms with Crippen molar-refractivity contribution in [2.75, 3.05) is 20.2 Å². The number of likely N-dealkylation sites (N-methyl/N-ethyl adjacent to an activating group) is 1. The van der Waals surface area contributed by atoms with Crippen LogP contribution < -0.4 is 14.8 Å². The third-order valence-electron chi connectivity index (χ3n) is 6.32. The van der Waals surface area contributed by atoms with E-state index in [1.807, 2.05) is 31.3 Å². The quantitative estimate of drug-likeness (QED) is 0.574. The summed E-state index contributed by atoms with van der Waals surface area (Å²) in [6, 6.07) is 14.6. The number of rotatable bonds is 9. The van der Waals surface area contributed by atoms with E-state index in [0.717, 1.165) is 42.9 Å². The van der Waals surface area contributed by atoms with E-state index in [1.165, 1.54) is 16.7 Å². The molecule has 1 fully saturated rings. The Morgan fingerprint density at radius 1 is 1.17 bits per heavy atom. The van der Waals surface area contributed by atoms with Gasteiger partial charge in [-0.1, -0.05) is 36.2 Å². The van der Waals surface area contributed by atoms with Gasteiger partial charge >= 0.3 is 0 Å². The molecule has 0 saturated heterocycles. The van der Waals surface area contributed by atoms with Crippen molar-refractivity contribution in [3.05, 3.63) is 64.2 Å². The lowest BCUT2D eigenvalue weighted by Gasteiger charge is -2.25. The highest BCUT2D eigenvalue weighted by molar-refractivity contribution is 7.90. The maximum Gasteiger partial charge on any atom is 0.214 e. The summed E-state index contributed by atoms with van der Waals surface area (Å²) in [4.78, 5) is 0. The van der Waals surface area contributed by atoms with Crippen molar-refractivity contribution in [2.45, 2.75) is 49.3 Å². The zero-order chi connectivity index (χ0) is 21.1. The van der Waals surface area contributed by atoms with E-state index in [4.69, 9.17) is 16.3 Å². The van der Waals surface area contributed by atoms with Crippen molar-refractivity contribution >= 4 is 21.6 Å². The maximum absolute atomic E-state index is 12.1. The smallest absolute Gasteiger partial charge is 0.214 e. The van der Waals surface area contributed by atoms with Gasteiger partial charge in [-0.05, 0) is 73.7 Å². The molecule has 0 bridgehead atoms. The lowest BCUT2D eigenvalue weighted by Crippen LogP contribution is -2.40. The third-order valence-corrected chi connectivity index (χ3v) is 8.51. The van der Waals surface area contributed by atoms with Crippen LogP contribution >= 0.6 is 11.6 Å². The summed E-state index contributed by atoms with van der Waals surface area (Å²) in [5.74, 6) is 1.12. The van der Waals surface area contributed by atoms with Crippen LogP contribution in [-0.4, -0.2) is 39.9 Å². The Hall–Kier alpha value is -1.60. The predicted molar refractivity (Wildman–Crippen MR) is 121 cm³/mol. The monoisotopic (exact) mass is 448 g/mol. The molecule has 2 aliphatic rings. The highest BCUT2D eigenvalue weighted by Gasteiger charge is 2.32. The van der Waals surface area contributed by atoms with Gasteiger partial charge in [0.25, 0.3) is 0 Å². The Balaban J connectivity index is 1.40. The van der Waals surface area contributed by atoms with Crippen molar-refractivity contribution in [3.63, 3.8) is 0 Å². The van der Waals surface area contributed by atoms with Crippen LogP contribution in [0, 0.1) is 0 Å². The molecule has 0 radical (unpaired) electrons. The van der Waals surface area contributed by atoms with Crippen LogP contribution in [0.3, 0.4) is 0 Å². The molecule has 4 rings (SSSR count). The van der Waals surface area contributed by atoms with Gasteiger partial charge in [0.15, 0.2) is 0 Å². The van der Waals surface area contributed by atoms with E-state index in [0.29, 0.717) is 25.1 Å². The standard InChI is InChI=1S/C23H29ClN2O3S/c1-25-23-14-17-8-9-19(29-11-10-26-30(27,28)20-6-3-7-20)15-21(17)22(23)13-16-4-2-5-18(24)12-16/h2,4-5,8-9,12,15,20,22-23,25-26H,3,6-7,10-11,13-14H2,1H3. The Morgan fingerprint density at radius 2 is 2.00 bits per heavy atom. The van der Waals surface area contributed by atoms with Crippen LogP contribution in [0.15, 0.2) is 42.5 Å². The number of benzene rings is 2. The lowest BCUT2D eigenvalue weighted by molar-refractivity contribution is 0.321. The normalized spacial score (nSPS) is 21.3. The molecule has 162 valence electrons. The molecule has 1 saturated carbocycles. The summed E-state index contributed by atoms with van der Waals surface area (Å²) in [6.07, 6.45) is 4.42. The summed E-state index contributed by atoms with van der Waals surface area (Å²) in [5.41, 5.74) is 3.85. The Morgan fingerprint density at radius 3 is 2.70 bits per heavy atom. The van der Waals surface area contributed by atoms with Crippen LogP contribution in [0.25, 0.3) is 0 Å². The number of fused-ring (bicyclic) bond motifs is 1. The number of hydrogen-bond acceptors (Lipinski definition) is 4. The van der Waals surface area contributed by atoms with Gasteiger partial charge in [0.05, 0.1) is 5.25 Å². The van der Waals surface area contributed by atoms with Gasteiger partial charge in [-0.15, -0.1) is 0 Å². The predicted octanol–water partition coefficient (Wildman–Crippen LogP) is 3.66. The molecular weight excluding hydrogens is 420 g/mol. The van der Waals surface area contributed by atoms with Crippen LogP contribution in [-0.2, 0) is 22.9 Å². The topological polar surface area (TPSA) is 67.4 Å². The zero-order valence-electron chi connectivity index (χ0n) is 17.2. The number of ether oxygens (including phenoxy) is 1. The van der Waals surface area contributed by atoms with Crippen molar-refractivity contribution in [2.24, 2.45) is 0 Å². The average molecular weight is 449 g/mol. The molecule has 2 aromatic carbocycles. The van der Waals surface area contributed by atoms with Gasteiger partial charge in [0.1, 0.15) is 12.4 Å². The summed E-state index contributed by atoms with van der Waals surface area (Å²) in [5, 5.41) is 3.99. The second kappa shape index (κ2) is 9.27. The average Bonchev–Trinajstić information content (AvgIpc) is 3.00. The summed E-state index contributed by atoms with van der Waals surface area (Å²) < 4.78 is 32.8. The molecule has 2 N–H and O–H groups in total. The SMILES string of the molecule is CNC1Cc2ccc(OCCNS(=O)(=O)C3CCC3)cc2C1Cc1cccc(Cl)c1. The van der Waals surface area contributed by atoms with E-state index in [1.54, 1.807) is 0 Å². The fourth-order valence-electron chi connectivity index (χ4n) is 4.41. The van der Waals surface area contributed by atoms with Crippen molar-refractivity contribution in [1.82, 2.24) is 10.0 Å². The van der Waals surface area contributed by atoms with Gasteiger partial charge in [-0.2, -0.15) is 0 Å². The fourth-order valence-corrected chi connectivity index (χ4v) is 6.19. The van der Waals surface area contributed by atoms with Crippen molar-refractivity contribution in [3.8, 4) is 5.75 Å².